The topological polar surface area (TPSA) is 360 Å². The number of aromatic hydroxyl groups is 1. The number of amidine groups is 1. The molecule has 518 valence electrons. The minimum Gasteiger partial charge on any atom is -0.508 e. The van der Waals surface area contributed by atoms with E-state index in [2.05, 4.69) is 16.0 Å². The summed E-state index contributed by atoms with van der Waals surface area (Å²) >= 11 is 0. The van der Waals surface area contributed by atoms with Crippen molar-refractivity contribution in [2.24, 2.45) is 41.1 Å². The second kappa shape index (κ2) is 53.5. The van der Waals surface area contributed by atoms with Gasteiger partial charge >= 0.3 is 5.97 Å². The zero-order chi connectivity index (χ0) is 67.4. The molecular weight excluding hydrogens is 1170 g/mol. The van der Waals surface area contributed by atoms with Crippen molar-refractivity contribution >= 4 is 64.3 Å². The maximum atomic E-state index is 14.4. The number of ether oxygens (including phenoxy) is 4. The van der Waals surface area contributed by atoms with Crippen molar-refractivity contribution in [3.8, 4) is 5.75 Å². The Labute approximate surface area is 542 Å². The van der Waals surface area contributed by atoms with E-state index in [1.807, 2.05) is 13.8 Å². The summed E-state index contributed by atoms with van der Waals surface area (Å²) in [5.74, 6) is -5.71. The molecule has 0 spiro atoms. The van der Waals surface area contributed by atoms with Crippen LogP contribution in [0.2, 0.25) is 0 Å². The predicted molar refractivity (Wildman–Crippen MR) is 350 cm³/mol. The lowest BCUT2D eigenvalue weighted by Gasteiger charge is -2.27. The average Bonchev–Trinajstić information content (AvgIpc) is 1.76. The fourth-order valence-electron chi connectivity index (χ4n) is 10.8. The zero-order valence-electron chi connectivity index (χ0n) is 55.7. The van der Waals surface area contributed by atoms with Crippen LogP contribution in [0.3, 0.4) is 0 Å². The van der Waals surface area contributed by atoms with Gasteiger partial charge in [-0.2, -0.15) is 0 Å². The van der Waals surface area contributed by atoms with Crippen LogP contribution in [0, 0.1) is 35.0 Å². The number of benzene rings is 1. The number of carbonyl (C=O) groups is 10. The van der Waals surface area contributed by atoms with Crippen molar-refractivity contribution in [3.05, 3.63) is 29.8 Å². The Bertz CT molecular complexity index is 2270. The normalized spacial score (nSPS) is 13.3. The van der Waals surface area contributed by atoms with Gasteiger partial charge in [0.15, 0.2) is 5.78 Å². The van der Waals surface area contributed by atoms with Gasteiger partial charge < -0.3 is 56.6 Å². The summed E-state index contributed by atoms with van der Waals surface area (Å²) in [7, 11) is 0. The lowest BCUT2D eigenvalue weighted by atomic mass is 9.75. The molecule has 0 aliphatic rings. The number of carboxylic acid groups (broad SMARTS) is 1. The molecule has 6 atom stereocenters. The number of Topliss-reactive ketones (excluding diaryl/α,β-unsaturated/α-hetero) is 5. The van der Waals surface area contributed by atoms with Gasteiger partial charge in [-0.3, -0.25) is 53.4 Å². The van der Waals surface area contributed by atoms with E-state index in [0.717, 1.165) is 51.4 Å². The number of hydrogen-bond donors (Lipinski definition) is 8. The molecule has 22 heteroatoms. The number of nitrogens with one attached hydrogen (secondary N) is 4. The van der Waals surface area contributed by atoms with Crippen LogP contribution in [0.25, 0.3) is 0 Å². The Balaban J connectivity index is 2.28. The van der Waals surface area contributed by atoms with Crippen molar-refractivity contribution in [1.82, 2.24) is 16.0 Å². The lowest BCUT2D eigenvalue weighted by Crippen LogP contribution is -2.40. The number of amides is 4. The van der Waals surface area contributed by atoms with Gasteiger partial charge in [0.25, 0.3) is 0 Å². The number of phenols is 1. The van der Waals surface area contributed by atoms with Crippen LogP contribution < -0.4 is 27.4 Å². The van der Waals surface area contributed by atoms with Gasteiger partial charge in [0.1, 0.15) is 42.1 Å². The summed E-state index contributed by atoms with van der Waals surface area (Å²) in [5, 5.41) is 34.4. The molecule has 0 aliphatic heterocycles. The van der Waals surface area contributed by atoms with Crippen LogP contribution in [0.4, 0.5) is 0 Å². The second-order valence-corrected chi connectivity index (χ2v) is 24.6. The van der Waals surface area contributed by atoms with Crippen LogP contribution in [-0.2, 0) is 73.3 Å². The molecule has 1 aromatic rings. The minimum absolute atomic E-state index is 0.0154. The summed E-state index contributed by atoms with van der Waals surface area (Å²) in [6.45, 7) is 8.56. The van der Waals surface area contributed by atoms with Gasteiger partial charge in [-0.1, -0.05) is 129 Å². The van der Waals surface area contributed by atoms with E-state index >= 15 is 0 Å². The first-order chi connectivity index (χ1) is 43.6. The highest BCUT2D eigenvalue weighted by Gasteiger charge is 2.36. The van der Waals surface area contributed by atoms with Crippen molar-refractivity contribution in [2.45, 2.75) is 239 Å². The van der Waals surface area contributed by atoms with Crippen LogP contribution >= 0.6 is 0 Å². The van der Waals surface area contributed by atoms with Crippen LogP contribution in [0.1, 0.15) is 232 Å². The van der Waals surface area contributed by atoms with Gasteiger partial charge in [-0.25, -0.2) is 0 Å². The maximum Gasteiger partial charge on any atom is 0.303 e. The Morgan fingerprint density at radius 1 is 0.527 bits per heavy atom. The number of phenolic OH excluding ortho intramolecular Hbond substituents is 1. The summed E-state index contributed by atoms with van der Waals surface area (Å²) < 4.78 is 21.9. The highest BCUT2D eigenvalue weighted by Crippen LogP contribution is 2.31. The molecule has 0 saturated carbocycles. The molecule has 22 nitrogen and oxygen atoms in total. The van der Waals surface area contributed by atoms with Crippen molar-refractivity contribution in [2.75, 3.05) is 65.9 Å². The first kappa shape index (κ1) is 83.0. The number of aliphatic carboxylic acids is 1. The van der Waals surface area contributed by atoms with Gasteiger partial charge in [-0.05, 0) is 88.3 Å². The highest BCUT2D eigenvalue weighted by atomic mass is 16.5. The van der Waals surface area contributed by atoms with E-state index in [1.54, 1.807) is 19.1 Å². The molecule has 0 aliphatic carbocycles. The maximum absolute atomic E-state index is 14.4. The van der Waals surface area contributed by atoms with E-state index in [9.17, 15) is 53.1 Å². The largest absolute Gasteiger partial charge is 0.508 e. The number of carboxylic acids is 1. The summed E-state index contributed by atoms with van der Waals surface area (Å²) in [5.41, 5.74) is 12.1. The average molecular weight is 1290 g/mol. The molecule has 0 fully saturated rings. The number of rotatable bonds is 63. The van der Waals surface area contributed by atoms with Crippen LogP contribution in [-0.4, -0.2) is 147 Å². The van der Waals surface area contributed by atoms with Crippen LogP contribution in [0.15, 0.2) is 24.3 Å². The first-order valence-corrected chi connectivity index (χ1v) is 34.0. The van der Waals surface area contributed by atoms with Gasteiger partial charge in [-0.15, -0.1) is 0 Å². The van der Waals surface area contributed by atoms with Crippen LogP contribution in [0.5, 0.6) is 5.75 Å². The third kappa shape index (κ3) is 45.9. The van der Waals surface area contributed by atoms with E-state index < -0.39 is 41.6 Å². The summed E-state index contributed by atoms with van der Waals surface area (Å²) in [4.78, 5) is 127. The summed E-state index contributed by atoms with van der Waals surface area (Å²) in [6.07, 6.45) is 21.5. The second-order valence-electron chi connectivity index (χ2n) is 24.6. The fraction of sp³-hybridized carbons (Fsp3) is 0.754. The summed E-state index contributed by atoms with van der Waals surface area (Å²) in [6, 6.07) is 5.61. The van der Waals surface area contributed by atoms with Gasteiger partial charge in [0.05, 0.1) is 44.9 Å². The third-order valence-corrected chi connectivity index (χ3v) is 16.5. The molecule has 0 radical (unpaired) electrons. The fourth-order valence-corrected chi connectivity index (χ4v) is 10.8. The number of unbranched alkanes of at least 4 members (excludes halogenated alkanes) is 15. The van der Waals surface area contributed by atoms with E-state index in [4.69, 9.17) is 40.9 Å². The monoisotopic (exact) mass is 1280 g/mol. The van der Waals surface area contributed by atoms with Crippen molar-refractivity contribution < 1.29 is 77.1 Å². The smallest absolute Gasteiger partial charge is 0.303 e. The van der Waals surface area contributed by atoms with E-state index in [-0.39, 0.29) is 162 Å². The number of ketones is 5. The standard InChI is InChI=1S/C69H116N6O16/c1-5-51(2)45-59(79)47-55(68(86)52(3)60(27-20-21-28-63(70)71)62(80)48-56(69(72)87)46-54-31-33-58(78)34-32-54)25-22-23-37-73-65(82)49-91-44-42-89-40-38-74-66(83)50-90-43-41-88-39-24-26-57(77)35-36-61(53(4)76)75-64(81)29-18-16-14-12-10-8-6-7-9-11-13-15-17-19-30-67(84)85/h31-34,51-52,55-56,60-61,78H,5-30,35-50H2,1-4H3,(H3,70,71)(H2,72,87)(H,73,82)(H,74,83)(H,75,81)(H,84,85)/t51?,52?,55-,56-,60-,61+/m1/s1. The molecule has 1 rings (SSSR count). The molecule has 1 aromatic carbocycles. The molecule has 4 amide bonds. The number of hydrogen-bond acceptors (Lipinski definition) is 16. The van der Waals surface area contributed by atoms with E-state index in [0.29, 0.717) is 82.9 Å². The molecule has 0 heterocycles. The molecule has 0 saturated heterocycles. The van der Waals surface area contributed by atoms with Gasteiger partial charge in [0, 0.05) is 94.7 Å². The van der Waals surface area contributed by atoms with Crippen molar-refractivity contribution in [1.29, 1.82) is 5.41 Å². The quantitative estimate of drug-likeness (QED) is 0.0171. The molecular formula is C69H116N6O16. The Morgan fingerprint density at radius 2 is 1.05 bits per heavy atom. The Hall–Kier alpha value is -5.97. The molecule has 0 aromatic heterocycles. The SMILES string of the molecule is CCC(C)CC(=O)C[C@@H](CCCCNC(=O)COCCOCCNC(=O)COCCOCCCC(=O)CC[C@H](NC(=O)CCCCCCCCCCCCCCCCC(=O)O)C(C)=O)C(=O)C(C)[C@@H](CCCCC(=N)N)C(=O)C[C@@H](Cc1ccc(O)cc1)C(N)=O. The predicted octanol–water partition coefficient (Wildman–Crippen LogP) is 9.32. The lowest BCUT2D eigenvalue weighted by molar-refractivity contribution is -0.137. The highest BCUT2D eigenvalue weighted by molar-refractivity contribution is 5.95. The number of nitrogens with two attached hydrogens (primary N) is 2. The Morgan fingerprint density at radius 3 is 1.60 bits per heavy atom. The third-order valence-electron chi connectivity index (χ3n) is 16.5. The molecule has 10 N–H and O–H groups in total. The molecule has 91 heavy (non-hydrogen) atoms. The zero-order valence-corrected chi connectivity index (χ0v) is 55.7. The minimum atomic E-state index is -0.842. The molecule has 2 unspecified atom stereocenters. The number of primary amides is 1. The molecule has 0 bridgehead atoms. The first-order valence-electron chi connectivity index (χ1n) is 34.0. The Kier molecular flexibility index (Phi) is 48.8. The van der Waals surface area contributed by atoms with E-state index in [1.165, 1.54) is 64.0 Å². The number of carbonyl (C=O) groups excluding carboxylic acids is 9. The van der Waals surface area contributed by atoms with Gasteiger partial charge in [0.2, 0.25) is 23.6 Å². The van der Waals surface area contributed by atoms with Crippen molar-refractivity contribution in [3.63, 3.8) is 0 Å².